The molecule has 2 bridgehead atoms. The Morgan fingerprint density at radius 1 is 0.875 bits per heavy atom. The maximum absolute atomic E-state index is 15.7. The first-order valence-corrected chi connectivity index (χ1v) is 15.9. The molecule has 260 valence electrons. The molecule has 1 unspecified atom stereocenters. The summed E-state index contributed by atoms with van der Waals surface area (Å²) >= 11 is 6.00. The molecule has 4 aliphatic rings. The van der Waals surface area contributed by atoms with Crippen molar-refractivity contribution in [3.8, 4) is 11.5 Å². The third kappa shape index (κ3) is 7.66. The van der Waals surface area contributed by atoms with Crippen LogP contribution in [0.3, 0.4) is 0 Å². The van der Waals surface area contributed by atoms with Crippen LogP contribution in [-0.2, 0) is 20.9 Å². The molecule has 2 aromatic rings. The summed E-state index contributed by atoms with van der Waals surface area (Å²) in [6.45, 7) is 0.364. The summed E-state index contributed by atoms with van der Waals surface area (Å²) in [6.07, 6.45) is -5.89. The number of alkyl halides is 6. The Hall–Kier alpha value is -3.59. The van der Waals surface area contributed by atoms with E-state index in [1.165, 1.54) is 18.2 Å². The highest BCUT2D eigenvalue weighted by molar-refractivity contribution is 6.30. The van der Waals surface area contributed by atoms with Crippen LogP contribution in [0.2, 0.25) is 5.02 Å². The SMILES string of the molecule is O=C(OC(=O)C(F)(F)F)C1CCCN1C(=O)c1cc(C2CC2)c(CN2[C@H]3CC[C@H]2CC(Oc2cc(Cl)cc(OC(F)(F)F)c2)C3)cc1F. The van der Waals surface area contributed by atoms with Gasteiger partial charge in [0.2, 0.25) is 0 Å². The minimum Gasteiger partial charge on any atom is -0.490 e. The number of piperidine rings is 1. The van der Waals surface area contributed by atoms with Crippen molar-refractivity contribution in [1.82, 2.24) is 9.80 Å². The lowest BCUT2D eigenvalue weighted by atomic mass is 9.95. The first-order chi connectivity index (χ1) is 22.6. The molecule has 3 heterocycles. The van der Waals surface area contributed by atoms with Crippen molar-refractivity contribution in [1.29, 1.82) is 0 Å². The van der Waals surface area contributed by atoms with E-state index in [4.69, 9.17) is 16.3 Å². The minimum absolute atomic E-state index is 0.0228. The monoisotopic (exact) mass is 706 g/mol. The second-order valence-corrected chi connectivity index (χ2v) is 13.0. The number of halogens is 8. The Balaban J connectivity index is 1.15. The van der Waals surface area contributed by atoms with Crippen LogP contribution in [-0.4, -0.2) is 71.0 Å². The van der Waals surface area contributed by atoms with Crippen LogP contribution in [0.15, 0.2) is 30.3 Å². The van der Waals surface area contributed by atoms with Crippen molar-refractivity contribution >= 4 is 29.4 Å². The number of hydrogen-bond donors (Lipinski definition) is 0. The van der Waals surface area contributed by atoms with E-state index in [1.54, 1.807) is 0 Å². The molecule has 8 nitrogen and oxygen atoms in total. The van der Waals surface area contributed by atoms with E-state index in [9.17, 15) is 40.7 Å². The normalized spacial score (nSPS) is 24.5. The quantitative estimate of drug-likeness (QED) is 0.165. The van der Waals surface area contributed by atoms with E-state index >= 15 is 4.39 Å². The first-order valence-electron chi connectivity index (χ1n) is 15.5. The number of rotatable bonds is 8. The van der Waals surface area contributed by atoms with Crippen molar-refractivity contribution in [3.05, 3.63) is 57.9 Å². The van der Waals surface area contributed by atoms with Gasteiger partial charge >= 0.3 is 24.5 Å². The highest BCUT2D eigenvalue weighted by Crippen LogP contribution is 2.45. The maximum Gasteiger partial charge on any atom is 0.573 e. The van der Waals surface area contributed by atoms with Gasteiger partial charge in [-0.05, 0) is 92.7 Å². The van der Waals surface area contributed by atoms with Crippen molar-refractivity contribution < 1.29 is 59.3 Å². The minimum atomic E-state index is -5.39. The van der Waals surface area contributed by atoms with Gasteiger partial charge in [-0.25, -0.2) is 14.0 Å². The summed E-state index contributed by atoms with van der Waals surface area (Å²) in [5.41, 5.74) is 1.16. The van der Waals surface area contributed by atoms with Gasteiger partial charge in [0.1, 0.15) is 29.5 Å². The lowest BCUT2D eigenvalue weighted by Crippen LogP contribution is -2.46. The zero-order valence-electron chi connectivity index (χ0n) is 25.2. The fourth-order valence-corrected chi connectivity index (χ4v) is 7.31. The molecule has 1 saturated carbocycles. The number of fused-ring (bicyclic) bond motifs is 2. The summed E-state index contributed by atoms with van der Waals surface area (Å²) in [6, 6.07) is 5.00. The maximum atomic E-state index is 15.7. The van der Waals surface area contributed by atoms with Gasteiger partial charge < -0.3 is 19.1 Å². The number of esters is 2. The van der Waals surface area contributed by atoms with Crippen molar-refractivity contribution in [3.63, 3.8) is 0 Å². The number of hydrogen-bond acceptors (Lipinski definition) is 7. The zero-order valence-corrected chi connectivity index (χ0v) is 26.0. The highest BCUT2D eigenvalue weighted by atomic mass is 35.5. The fourth-order valence-electron chi connectivity index (χ4n) is 7.10. The van der Waals surface area contributed by atoms with Gasteiger partial charge in [0, 0.05) is 36.3 Å². The van der Waals surface area contributed by atoms with Gasteiger partial charge in [-0.2, -0.15) is 13.2 Å². The van der Waals surface area contributed by atoms with Gasteiger partial charge in [0.05, 0.1) is 5.56 Å². The molecule has 1 amide bonds. The Morgan fingerprint density at radius 2 is 1.54 bits per heavy atom. The number of likely N-dealkylation sites (tertiary alicyclic amines) is 1. The van der Waals surface area contributed by atoms with Crippen molar-refractivity contribution in [2.24, 2.45) is 0 Å². The molecule has 3 aliphatic heterocycles. The van der Waals surface area contributed by atoms with Crippen LogP contribution in [0.25, 0.3) is 0 Å². The smallest absolute Gasteiger partial charge is 0.490 e. The fraction of sp³-hybridized carbons (Fsp3) is 0.531. The molecule has 0 spiro atoms. The molecule has 16 heteroatoms. The Bertz CT molecular complexity index is 1580. The molecule has 0 N–H and O–H groups in total. The van der Waals surface area contributed by atoms with Crippen LogP contribution in [0.4, 0.5) is 30.7 Å². The molecular formula is C32H30ClF7N2O6. The lowest BCUT2D eigenvalue weighted by molar-refractivity contribution is -0.274. The Labute approximate surface area is 275 Å². The average molecular weight is 707 g/mol. The number of carbonyl (C=O) groups is 3. The third-order valence-electron chi connectivity index (χ3n) is 9.26. The third-order valence-corrected chi connectivity index (χ3v) is 9.48. The van der Waals surface area contributed by atoms with E-state index < -0.39 is 48.0 Å². The zero-order chi connectivity index (χ0) is 34.5. The Morgan fingerprint density at radius 3 is 2.17 bits per heavy atom. The predicted octanol–water partition coefficient (Wildman–Crippen LogP) is 7.07. The standard InChI is InChI=1S/C32H30ClF7N2O6/c33-18-9-21(13-23(10-18)48-32(38,39)40)46-22-11-19-5-6-20(12-22)42(19)15-17-8-26(34)25(14-24(17)16-3-4-16)28(43)41-7-1-2-27(41)29(44)47-30(45)31(35,36)37/h8-10,13-14,16,19-20,22,27H,1-7,11-12,15H2/t19-,20-,27?/m0/s1. The van der Waals surface area contributed by atoms with E-state index in [-0.39, 0.29) is 59.8 Å². The van der Waals surface area contributed by atoms with Crippen molar-refractivity contribution in [2.45, 2.75) is 101 Å². The Kier molecular flexibility index (Phi) is 9.31. The summed E-state index contributed by atoms with van der Waals surface area (Å²) in [4.78, 5) is 40.2. The summed E-state index contributed by atoms with van der Waals surface area (Å²) in [7, 11) is 0. The van der Waals surface area contributed by atoms with Gasteiger partial charge in [-0.1, -0.05) is 11.6 Å². The van der Waals surface area contributed by atoms with Crippen molar-refractivity contribution in [2.75, 3.05) is 6.54 Å². The van der Waals surface area contributed by atoms with Gasteiger partial charge in [0.25, 0.3) is 5.91 Å². The van der Waals surface area contributed by atoms with E-state index in [1.807, 2.05) is 0 Å². The van der Waals surface area contributed by atoms with E-state index in [2.05, 4.69) is 14.4 Å². The molecule has 2 aromatic carbocycles. The van der Waals surface area contributed by atoms with E-state index in [0.717, 1.165) is 48.3 Å². The van der Waals surface area contributed by atoms with Crippen LogP contribution in [0, 0.1) is 5.82 Å². The molecule has 0 radical (unpaired) electrons. The number of benzene rings is 2. The second kappa shape index (κ2) is 13.0. The van der Waals surface area contributed by atoms with Gasteiger partial charge in [-0.3, -0.25) is 9.69 Å². The van der Waals surface area contributed by atoms with Crippen LogP contribution in [0.1, 0.15) is 78.8 Å². The number of ether oxygens (including phenoxy) is 3. The summed E-state index contributed by atoms with van der Waals surface area (Å²) in [5, 5.41) is 0.0282. The second-order valence-electron chi connectivity index (χ2n) is 12.6. The lowest BCUT2D eigenvalue weighted by Gasteiger charge is -2.39. The average Bonchev–Trinajstić information content (AvgIpc) is 3.64. The molecule has 6 rings (SSSR count). The number of amides is 1. The highest BCUT2D eigenvalue weighted by Gasteiger charge is 2.46. The van der Waals surface area contributed by atoms with Crippen LogP contribution < -0.4 is 9.47 Å². The number of nitrogens with zero attached hydrogens (tertiary/aromatic N) is 2. The topological polar surface area (TPSA) is 85.4 Å². The van der Waals surface area contributed by atoms with Gasteiger partial charge in [0.15, 0.2) is 0 Å². The molecule has 0 aromatic heterocycles. The predicted molar refractivity (Wildman–Crippen MR) is 154 cm³/mol. The molecule has 3 saturated heterocycles. The first kappa shape index (κ1) is 34.3. The number of carbonyl (C=O) groups excluding carboxylic acids is 3. The molecular weight excluding hydrogens is 677 g/mol. The van der Waals surface area contributed by atoms with E-state index in [0.29, 0.717) is 24.9 Å². The molecule has 4 fully saturated rings. The largest absolute Gasteiger partial charge is 0.573 e. The van der Waals surface area contributed by atoms with Crippen LogP contribution >= 0.6 is 11.6 Å². The molecule has 3 atom stereocenters. The molecule has 48 heavy (non-hydrogen) atoms. The van der Waals surface area contributed by atoms with Gasteiger partial charge in [-0.15, -0.1) is 13.2 Å². The molecule has 1 aliphatic carbocycles. The summed E-state index contributed by atoms with van der Waals surface area (Å²) < 4.78 is 106. The summed E-state index contributed by atoms with van der Waals surface area (Å²) in [5.74, 6) is -6.16. The van der Waals surface area contributed by atoms with Crippen LogP contribution in [0.5, 0.6) is 11.5 Å².